The van der Waals surface area contributed by atoms with Gasteiger partial charge in [0.25, 0.3) is 5.91 Å². The second-order valence-corrected chi connectivity index (χ2v) is 5.31. The molecule has 0 atom stereocenters. The van der Waals surface area contributed by atoms with E-state index in [1.165, 1.54) is 12.1 Å². The Morgan fingerprint density at radius 1 is 1.29 bits per heavy atom. The first-order chi connectivity index (χ1) is 10.0. The summed E-state index contributed by atoms with van der Waals surface area (Å²) in [6.07, 6.45) is 0. The molecular weight excluding hydrogens is 339 g/mol. The quantitative estimate of drug-likeness (QED) is 0.751. The second kappa shape index (κ2) is 5.29. The average molecular weight is 349 g/mol. The molecule has 0 aliphatic carbocycles. The number of anilines is 1. The van der Waals surface area contributed by atoms with E-state index in [4.69, 9.17) is 4.42 Å². The van der Waals surface area contributed by atoms with Crippen LogP contribution in [0.3, 0.4) is 0 Å². The fraction of sp³-hybridized carbons (Fsp3) is 0.0667. The standard InChI is InChI=1S/C15H10BrFN2O2/c1-8-6-12(10-7-9(17)2-3-11(10)18-8)19-15(20)13-4-5-14(16)21-13/h2-7H,1H3,(H,18,19,20). The number of fused-ring (bicyclic) bond motifs is 1. The third-order valence-electron chi connectivity index (χ3n) is 2.94. The largest absolute Gasteiger partial charge is 0.444 e. The fourth-order valence-electron chi connectivity index (χ4n) is 2.05. The lowest BCUT2D eigenvalue weighted by atomic mass is 10.1. The van der Waals surface area contributed by atoms with E-state index < -0.39 is 5.91 Å². The van der Waals surface area contributed by atoms with Crippen molar-refractivity contribution >= 4 is 38.4 Å². The van der Waals surface area contributed by atoms with Crippen LogP contribution in [0.25, 0.3) is 10.9 Å². The highest BCUT2D eigenvalue weighted by Crippen LogP contribution is 2.25. The highest BCUT2D eigenvalue weighted by Gasteiger charge is 2.13. The van der Waals surface area contributed by atoms with Gasteiger partial charge in [-0.3, -0.25) is 9.78 Å². The minimum atomic E-state index is -0.406. The Hall–Kier alpha value is -2.21. The molecule has 0 aliphatic heterocycles. The van der Waals surface area contributed by atoms with Gasteiger partial charge in [0.05, 0.1) is 11.2 Å². The van der Waals surface area contributed by atoms with E-state index in [0.717, 1.165) is 5.69 Å². The van der Waals surface area contributed by atoms with E-state index in [2.05, 4.69) is 26.2 Å². The first kappa shape index (κ1) is 13.8. The summed E-state index contributed by atoms with van der Waals surface area (Å²) in [5, 5.41) is 3.26. The van der Waals surface area contributed by atoms with Crippen molar-refractivity contribution in [1.82, 2.24) is 4.98 Å². The highest BCUT2D eigenvalue weighted by atomic mass is 79.9. The zero-order chi connectivity index (χ0) is 15.0. The van der Waals surface area contributed by atoms with Crippen molar-refractivity contribution in [2.45, 2.75) is 6.92 Å². The van der Waals surface area contributed by atoms with Crippen molar-refractivity contribution in [3.05, 3.63) is 58.3 Å². The highest BCUT2D eigenvalue weighted by molar-refractivity contribution is 9.10. The molecule has 2 heterocycles. The number of pyridine rings is 1. The fourth-order valence-corrected chi connectivity index (χ4v) is 2.36. The molecule has 21 heavy (non-hydrogen) atoms. The lowest BCUT2D eigenvalue weighted by Gasteiger charge is -2.09. The summed E-state index contributed by atoms with van der Waals surface area (Å²) in [6.45, 7) is 1.81. The minimum absolute atomic E-state index is 0.167. The third-order valence-corrected chi connectivity index (χ3v) is 3.37. The molecule has 4 nitrogen and oxygen atoms in total. The summed E-state index contributed by atoms with van der Waals surface area (Å²) in [5.41, 5.74) is 1.84. The normalized spacial score (nSPS) is 10.8. The van der Waals surface area contributed by atoms with Crippen molar-refractivity contribution in [3.63, 3.8) is 0 Å². The van der Waals surface area contributed by atoms with E-state index in [9.17, 15) is 9.18 Å². The van der Waals surface area contributed by atoms with Gasteiger partial charge in [0.15, 0.2) is 10.4 Å². The van der Waals surface area contributed by atoms with E-state index in [0.29, 0.717) is 21.3 Å². The molecule has 6 heteroatoms. The first-order valence-corrected chi connectivity index (χ1v) is 6.96. The Morgan fingerprint density at radius 3 is 2.81 bits per heavy atom. The predicted octanol–water partition coefficient (Wildman–Crippen LogP) is 4.29. The molecule has 0 fully saturated rings. The van der Waals surface area contributed by atoms with Gasteiger partial charge in [-0.2, -0.15) is 0 Å². The molecule has 2 aromatic heterocycles. The number of hydrogen-bond donors (Lipinski definition) is 1. The number of amides is 1. The molecule has 0 saturated heterocycles. The summed E-state index contributed by atoms with van der Waals surface area (Å²) in [4.78, 5) is 16.4. The van der Waals surface area contributed by atoms with Crippen LogP contribution in [0.2, 0.25) is 0 Å². The zero-order valence-electron chi connectivity index (χ0n) is 11.0. The van der Waals surface area contributed by atoms with E-state index in [-0.39, 0.29) is 11.6 Å². The molecule has 1 N–H and O–H groups in total. The molecule has 0 bridgehead atoms. The Labute approximate surface area is 128 Å². The van der Waals surface area contributed by atoms with Crippen LogP contribution in [-0.2, 0) is 0 Å². The minimum Gasteiger partial charge on any atom is -0.444 e. The zero-order valence-corrected chi connectivity index (χ0v) is 12.6. The van der Waals surface area contributed by atoms with Crippen LogP contribution in [0.15, 0.2) is 45.5 Å². The topological polar surface area (TPSA) is 55.1 Å². The van der Waals surface area contributed by atoms with Crippen molar-refractivity contribution in [1.29, 1.82) is 0 Å². The van der Waals surface area contributed by atoms with Gasteiger partial charge in [-0.05, 0) is 59.3 Å². The van der Waals surface area contributed by atoms with Crippen molar-refractivity contribution < 1.29 is 13.6 Å². The summed E-state index contributed by atoms with van der Waals surface area (Å²) in [5.74, 6) is -0.623. The second-order valence-electron chi connectivity index (χ2n) is 4.53. The Balaban J connectivity index is 2.03. The van der Waals surface area contributed by atoms with Gasteiger partial charge in [-0.25, -0.2) is 4.39 Å². The Morgan fingerprint density at radius 2 is 2.10 bits per heavy atom. The SMILES string of the molecule is Cc1cc(NC(=O)c2ccc(Br)o2)c2cc(F)ccc2n1. The smallest absolute Gasteiger partial charge is 0.291 e. The number of carbonyl (C=O) groups is 1. The summed E-state index contributed by atoms with van der Waals surface area (Å²) in [7, 11) is 0. The molecule has 0 aliphatic rings. The molecule has 1 aromatic carbocycles. The molecule has 3 aromatic rings. The van der Waals surface area contributed by atoms with Gasteiger partial charge in [0.1, 0.15) is 5.82 Å². The number of rotatable bonds is 2. The molecule has 3 rings (SSSR count). The van der Waals surface area contributed by atoms with Crippen molar-refractivity contribution in [3.8, 4) is 0 Å². The molecule has 0 radical (unpaired) electrons. The molecule has 106 valence electrons. The van der Waals surface area contributed by atoms with Gasteiger partial charge in [-0.1, -0.05) is 0 Å². The Bertz CT molecular complexity index is 845. The van der Waals surface area contributed by atoms with Crippen LogP contribution in [0.1, 0.15) is 16.2 Å². The molecule has 0 spiro atoms. The predicted molar refractivity (Wildman–Crippen MR) is 80.8 cm³/mol. The van der Waals surface area contributed by atoms with E-state index in [1.807, 2.05) is 6.92 Å². The van der Waals surface area contributed by atoms with Crippen LogP contribution in [0.5, 0.6) is 0 Å². The van der Waals surface area contributed by atoms with Gasteiger partial charge >= 0.3 is 0 Å². The maximum atomic E-state index is 13.4. The van der Waals surface area contributed by atoms with Crippen LogP contribution >= 0.6 is 15.9 Å². The number of benzene rings is 1. The van der Waals surface area contributed by atoms with Crippen LogP contribution < -0.4 is 5.32 Å². The first-order valence-electron chi connectivity index (χ1n) is 6.16. The van der Waals surface area contributed by atoms with Crippen molar-refractivity contribution in [2.24, 2.45) is 0 Å². The van der Waals surface area contributed by atoms with Gasteiger partial charge in [0, 0.05) is 11.1 Å². The molecule has 0 unspecified atom stereocenters. The lowest BCUT2D eigenvalue weighted by Crippen LogP contribution is -2.11. The van der Waals surface area contributed by atoms with Crippen LogP contribution in [0, 0.1) is 12.7 Å². The van der Waals surface area contributed by atoms with Crippen molar-refractivity contribution in [2.75, 3.05) is 5.32 Å². The number of nitrogens with zero attached hydrogens (tertiary/aromatic N) is 1. The number of halogens is 2. The number of nitrogens with one attached hydrogen (secondary N) is 1. The summed E-state index contributed by atoms with van der Waals surface area (Å²) in [6, 6.07) is 9.13. The third kappa shape index (κ3) is 2.80. The maximum Gasteiger partial charge on any atom is 0.291 e. The molecule has 0 saturated carbocycles. The molecular formula is C15H10BrFN2O2. The van der Waals surface area contributed by atoms with Crippen LogP contribution in [0.4, 0.5) is 10.1 Å². The number of furan rings is 1. The number of carbonyl (C=O) groups excluding carboxylic acids is 1. The summed E-state index contributed by atoms with van der Waals surface area (Å²) < 4.78 is 19.1. The monoisotopic (exact) mass is 348 g/mol. The Kier molecular flexibility index (Phi) is 3.47. The lowest BCUT2D eigenvalue weighted by molar-refractivity contribution is 0.0995. The number of aromatic nitrogens is 1. The maximum absolute atomic E-state index is 13.4. The van der Waals surface area contributed by atoms with Gasteiger partial charge in [-0.15, -0.1) is 0 Å². The van der Waals surface area contributed by atoms with E-state index >= 15 is 0 Å². The van der Waals surface area contributed by atoms with Crippen LogP contribution in [-0.4, -0.2) is 10.9 Å². The van der Waals surface area contributed by atoms with Gasteiger partial charge < -0.3 is 9.73 Å². The summed E-state index contributed by atoms with van der Waals surface area (Å²) >= 11 is 3.14. The number of aryl methyl sites for hydroxylation is 1. The average Bonchev–Trinajstić information content (AvgIpc) is 2.86. The van der Waals surface area contributed by atoms with Gasteiger partial charge in [0.2, 0.25) is 0 Å². The number of hydrogen-bond acceptors (Lipinski definition) is 3. The van der Waals surface area contributed by atoms with E-state index in [1.54, 1.807) is 24.3 Å². The molecule has 1 amide bonds.